The van der Waals surface area contributed by atoms with E-state index in [4.69, 9.17) is 4.74 Å². The number of hydrogen-bond donors (Lipinski definition) is 1. The molecule has 3 saturated heterocycles. The number of fused-ring (bicyclic) bond motifs is 2. The summed E-state index contributed by atoms with van der Waals surface area (Å²) in [5, 5.41) is 3.75. The first-order valence-electron chi connectivity index (χ1n) is 7.84. The lowest BCUT2D eigenvalue weighted by Gasteiger charge is -2.51. The molecule has 0 aromatic rings. The molecular formula is C15H28N2O. The summed E-state index contributed by atoms with van der Waals surface area (Å²) < 4.78 is 6.36. The van der Waals surface area contributed by atoms with Crippen LogP contribution >= 0.6 is 0 Å². The Morgan fingerprint density at radius 3 is 2.67 bits per heavy atom. The van der Waals surface area contributed by atoms with E-state index >= 15 is 0 Å². The minimum Gasteiger partial charge on any atom is -0.372 e. The molecule has 0 radical (unpaired) electrons. The lowest BCUT2D eigenvalue weighted by Crippen LogP contribution is -2.63. The summed E-state index contributed by atoms with van der Waals surface area (Å²) in [4.78, 5) is 2.61. The van der Waals surface area contributed by atoms with Gasteiger partial charge >= 0.3 is 0 Å². The Bertz CT molecular complexity index is 280. The highest BCUT2D eigenvalue weighted by Crippen LogP contribution is 2.45. The molecule has 3 atom stereocenters. The third-order valence-corrected chi connectivity index (χ3v) is 5.51. The van der Waals surface area contributed by atoms with Gasteiger partial charge in [0.1, 0.15) is 0 Å². The van der Waals surface area contributed by atoms with Gasteiger partial charge in [-0.1, -0.05) is 19.8 Å². The molecule has 104 valence electrons. The van der Waals surface area contributed by atoms with Gasteiger partial charge in [0.05, 0.1) is 12.2 Å². The smallest absolute Gasteiger partial charge is 0.0865 e. The summed E-state index contributed by atoms with van der Waals surface area (Å²) in [7, 11) is 2.31. The van der Waals surface area contributed by atoms with Crippen LogP contribution in [-0.2, 0) is 4.74 Å². The van der Waals surface area contributed by atoms with Crippen LogP contribution in [0.4, 0.5) is 0 Å². The van der Waals surface area contributed by atoms with E-state index in [1.807, 2.05) is 0 Å². The normalized spacial score (nSPS) is 44.7. The van der Waals surface area contributed by atoms with Crippen LogP contribution in [0.3, 0.4) is 0 Å². The number of ether oxygens (including phenoxy) is 1. The van der Waals surface area contributed by atoms with Crippen LogP contribution in [0.5, 0.6) is 0 Å². The third-order valence-electron chi connectivity index (χ3n) is 5.51. The Morgan fingerprint density at radius 1 is 1.28 bits per heavy atom. The molecule has 3 nitrogen and oxygen atoms in total. The first-order chi connectivity index (χ1) is 8.75. The van der Waals surface area contributed by atoms with Crippen molar-refractivity contribution in [3.05, 3.63) is 0 Å². The fourth-order valence-corrected chi connectivity index (χ4v) is 4.41. The van der Waals surface area contributed by atoms with Crippen molar-refractivity contribution in [3.8, 4) is 0 Å². The van der Waals surface area contributed by atoms with Gasteiger partial charge in [-0.05, 0) is 39.2 Å². The number of piperidine rings is 1. The molecule has 0 saturated carbocycles. The zero-order valence-corrected chi connectivity index (χ0v) is 12.0. The SMILES string of the molecule is CCCCC1NCCOC12CC1CCC(C2)N1C. The van der Waals surface area contributed by atoms with Crippen LogP contribution in [0.25, 0.3) is 0 Å². The molecule has 18 heavy (non-hydrogen) atoms. The van der Waals surface area contributed by atoms with E-state index in [0.29, 0.717) is 6.04 Å². The number of rotatable bonds is 3. The molecule has 0 amide bonds. The molecule has 3 fully saturated rings. The van der Waals surface area contributed by atoms with Crippen LogP contribution < -0.4 is 5.32 Å². The molecule has 3 heteroatoms. The topological polar surface area (TPSA) is 24.5 Å². The highest BCUT2D eigenvalue weighted by molar-refractivity contribution is 5.07. The minimum atomic E-state index is 0.158. The summed E-state index contributed by atoms with van der Waals surface area (Å²) in [6.45, 7) is 4.24. The number of morpholine rings is 1. The maximum Gasteiger partial charge on any atom is 0.0865 e. The summed E-state index contributed by atoms with van der Waals surface area (Å²) in [5.74, 6) is 0. The second kappa shape index (κ2) is 5.10. The van der Waals surface area contributed by atoms with Crippen LogP contribution in [0, 0.1) is 0 Å². The lowest BCUT2D eigenvalue weighted by atomic mass is 9.77. The van der Waals surface area contributed by atoms with Crippen molar-refractivity contribution < 1.29 is 4.74 Å². The van der Waals surface area contributed by atoms with Crippen LogP contribution in [0.1, 0.15) is 51.9 Å². The molecule has 2 bridgehead atoms. The van der Waals surface area contributed by atoms with Gasteiger partial charge in [0.25, 0.3) is 0 Å². The average Bonchev–Trinajstić information content (AvgIpc) is 2.62. The quantitative estimate of drug-likeness (QED) is 0.833. The zero-order valence-electron chi connectivity index (χ0n) is 12.0. The summed E-state index contributed by atoms with van der Waals surface area (Å²) in [5.41, 5.74) is 0.158. The van der Waals surface area contributed by atoms with Gasteiger partial charge in [-0.3, -0.25) is 0 Å². The summed E-state index contributed by atoms with van der Waals surface area (Å²) >= 11 is 0. The predicted molar refractivity (Wildman–Crippen MR) is 73.8 cm³/mol. The van der Waals surface area contributed by atoms with Crippen molar-refractivity contribution in [1.82, 2.24) is 10.2 Å². The van der Waals surface area contributed by atoms with E-state index in [1.165, 1.54) is 44.9 Å². The monoisotopic (exact) mass is 252 g/mol. The lowest BCUT2D eigenvalue weighted by molar-refractivity contribution is -0.142. The van der Waals surface area contributed by atoms with Gasteiger partial charge in [-0.2, -0.15) is 0 Å². The first kappa shape index (κ1) is 12.9. The fourth-order valence-electron chi connectivity index (χ4n) is 4.41. The van der Waals surface area contributed by atoms with E-state index in [9.17, 15) is 0 Å². The molecule has 1 spiro atoms. The maximum absolute atomic E-state index is 6.36. The Labute approximate surface area is 111 Å². The highest BCUT2D eigenvalue weighted by atomic mass is 16.5. The van der Waals surface area contributed by atoms with Gasteiger partial charge in [-0.15, -0.1) is 0 Å². The molecule has 0 aromatic carbocycles. The van der Waals surface area contributed by atoms with E-state index in [0.717, 1.165) is 25.2 Å². The number of nitrogens with one attached hydrogen (secondary N) is 1. The highest BCUT2D eigenvalue weighted by Gasteiger charge is 2.52. The Balaban J connectivity index is 1.74. The first-order valence-corrected chi connectivity index (χ1v) is 7.84. The Hall–Kier alpha value is -0.120. The van der Waals surface area contributed by atoms with Gasteiger partial charge in [0.2, 0.25) is 0 Å². The molecule has 0 aromatic heterocycles. The Morgan fingerprint density at radius 2 is 2.00 bits per heavy atom. The summed E-state index contributed by atoms with van der Waals surface area (Å²) in [6, 6.07) is 2.14. The zero-order chi connectivity index (χ0) is 12.6. The molecular weight excluding hydrogens is 224 g/mol. The molecule has 3 aliphatic rings. The number of unbranched alkanes of at least 4 members (excludes halogenated alkanes) is 1. The molecule has 3 rings (SSSR count). The summed E-state index contributed by atoms with van der Waals surface area (Å²) in [6.07, 6.45) is 9.18. The largest absolute Gasteiger partial charge is 0.372 e. The van der Waals surface area contributed by atoms with E-state index in [-0.39, 0.29) is 5.60 Å². The molecule has 0 aliphatic carbocycles. The van der Waals surface area contributed by atoms with Crippen LogP contribution in [0.15, 0.2) is 0 Å². The van der Waals surface area contributed by atoms with E-state index < -0.39 is 0 Å². The molecule has 3 heterocycles. The van der Waals surface area contributed by atoms with Crippen LogP contribution in [-0.4, -0.2) is 48.8 Å². The van der Waals surface area contributed by atoms with Gasteiger partial charge in [-0.25, -0.2) is 0 Å². The number of hydrogen-bond acceptors (Lipinski definition) is 3. The van der Waals surface area contributed by atoms with Gasteiger partial charge in [0.15, 0.2) is 0 Å². The van der Waals surface area contributed by atoms with Crippen molar-refractivity contribution in [2.75, 3.05) is 20.2 Å². The van der Waals surface area contributed by atoms with Crippen LogP contribution in [0.2, 0.25) is 0 Å². The average molecular weight is 252 g/mol. The Kier molecular flexibility index (Phi) is 3.65. The van der Waals surface area contributed by atoms with E-state index in [1.54, 1.807) is 0 Å². The minimum absolute atomic E-state index is 0.158. The van der Waals surface area contributed by atoms with E-state index in [2.05, 4.69) is 24.2 Å². The van der Waals surface area contributed by atoms with Crippen molar-refractivity contribution in [3.63, 3.8) is 0 Å². The molecule has 3 unspecified atom stereocenters. The second-order valence-corrected chi connectivity index (χ2v) is 6.52. The second-order valence-electron chi connectivity index (χ2n) is 6.52. The third kappa shape index (κ3) is 2.10. The van der Waals surface area contributed by atoms with Crippen molar-refractivity contribution >= 4 is 0 Å². The fraction of sp³-hybridized carbons (Fsp3) is 1.00. The van der Waals surface area contributed by atoms with Crippen molar-refractivity contribution in [2.24, 2.45) is 0 Å². The standard InChI is InChI=1S/C15H28N2O/c1-3-4-5-14-15(18-9-8-16-14)10-12-6-7-13(11-15)17(12)2/h12-14,16H,3-11H2,1-2H3. The predicted octanol–water partition coefficient (Wildman–Crippen LogP) is 2.16. The molecule has 1 N–H and O–H groups in total. The van der Waals surface area contributed by atoms with Crippen molar-refractivity contribution in [2.45, 2.75) is 75.6 Å². The van der Waals surface area contributed by atoms with Crippen molar-refractivity contribution in [1.29, 1.82) is 0 Å². The van der Waals surface area contributed by atoms with Gasteiger partial charge < -0.3 is 15.0 Å². The maximum atomic E-state index is 6.36. The molecule has 3 aliphatic heterocycles. The number of nitrogens with zero attached hydrogens (tertiary/aromatic N) is 1. The van der Waals surface area contributed by atoms with Gasteiger partial charge in [0, 0.05) is 24.7 Å².